The number of anilines is 1. The lowest BCUT2D eigenvalue weighted by molar-refractivity contribution is 0.585. The molecule has 5 heteroatoms. The summed E-state index contributed by atoms with van der Waals surface area (Å²) in [5.74, 6) is 0.223. The van der Waals surface area contributed by atoms with E-state index in [-0.39, 0.29) is 11.8 Å². The molecule has 1 aromatic carbocycles. The van der Waals surface area contributed by atoms with Gasteiger partial charge in [-0.25, -0.2) is 8.42 Å². The Bertz CT molecular complexity index is 569. The van der Waals surface area contributed by atoms with E-state index in [4.69, 9.17) is 0 Å². The van der Waals surface area contributed by atoms with Crippen LogP contribution in [-0.2, 0) is 16.4 Å². The number of hydrogen-bond donors (Lipinski definition) is 1. The summed E-state index contributed by atoms with van der Waals surface area (Å²) in [5, 5.41) is 3.22. The molecule has 2 rings (SSSR count). The zero-order valence-electron chi connectivity index (χ0n) is 12.5. The molecule has 0 saturated carbocycles. The average molecular weight is 296 g/mol. The molecule has 1 atom stereocenters. The Hall–Kier alpha value is -1.07. The van der Waals surface area contributed by atoms with Crippen LogP contribution in [-0.4, -0.2) is 27.8 Å². The highest BCUT2D eigenvalue weighted by Gasteiger charge is 2.26. The first kappa shape index (κ1) is 15.3. The minimum atomic E-state index is -3.17. The second kappa shape index (κ2) is 6.14. The van der Waals surface area contributed by atoms with Gasteiger partial charge < -0.3 is 5.32 Å². The lowest BCUT2D eigenvalue weighted by Crippen LogP contribution is -2.37. The summed E-state index contributed by atoms with van der Waals surface area (Å²) >= 11 is 0. The zero-order chi connectivity index (χ0) is 14.8. The molecule has 0 saturated heterocycles. The van der Waals surface area contributed by atoms with Gasteiger partial charge >= 0.3 is 0 Å². The average Bonchev–Trinajstić information content (AvgIpc) is 2.45. The van der Waals surface area contributed by atoms with E-state index in [0.717, 1.165) is 24.1 Å². The van der Waals surface area contributed by atoms with Crippen LogP contribution in [0.2, 0.25) is 0 Å². The van der Waals surface area contributed by atoms with Crippen LogP contribution < -0.4 is 9.62 Å². The highest BCUT2D eigenvalue weighted by molar-refractivity contribution is 7.92. The first-order valence-electron chi connectivity index (χ1n) is 7.30. The van der Waals surface area contributed by atoms with E-state index in [1.807, 2.05) is 26.1 Å². The Labute approximate surface area is 122 Å². The highest BCUT2D eigenvalue weighted by Crippen LogP contribution is 2.31. The first-order chi connectivity index (χ1) is 9.49. The van der Waals surface area contributed by atoms with Crippen molar-refractivity contribution in [3.8, 4) is 0 Å². The summed E-state index contributed by atoms with van der Waals surface area (Å²) in [7, 11) is -1.24. The number of fused-ring (bicyclic) bond motifs is 1. The summed E-state index contributed by atoms with van der Waals surface area (Å²) in [6, 6.07) is 6.41. The Morgan fingerprint density at radius 1 is 1.40 bits per heavy atom. The van der Waals surface area contributed by atoms with Crippen molar-refractivity contribution in [1.82, 2.24) is 5.32 Å². The minimum absolute atomic E-state index is 0.223. The summed E-state index contributed by atoms with van der Waals surface area (Å²) in [5.41, 5.74) is 3.23. The van der Waals surface area contributed by atoms with Crippen molar-refractivity contribution in [3.63, 3.8) is 0 Å². The lowest BCUT2D eigenvalue weighted by Gasteiger charge is -2.31. The molecule has 0 bridgehead atoms. The molecule has 0 radical (unpaired) electrons. The van der Waals surface area contributed by atoms with Gasteiger partial charge in [0.2, 0.25) is 10.0 Å². The number of rotatable bonds is 5. The predicted octanol–water partition coefficient (Wildman–Crippen LogP) is 2.46. The molecular formula is C15H24N2O2S. The van der Waals surface area contributed by atoms with Crippen LogP contribution in [0.15, 0.2) is 18.2 Å². The van der Waals surface area contributed by atoms with E-state index in [1.54, 1.807) is 4.31 Å². The molecule has 1 aromatic rings. The summed E-state index contributed by atoms with van der Waals surface area (Å²) in [6.07, 6.45) is 2.51. The van der Waals surface area contributed by atoms with Crippen LogP contribution >= 0.6 is 0 Å². The quantitative estimate of drug-likeness (QED) is 0.908. The van der Waals surface area contributed by atoms with E-state index in [2.05, 4.69) is 18.3 Å². The molecule has 1 heterocycles. The molecule has 112 valence electrons. The van der Waals surface area contributed by atoms with Crippen LogP contribution in [0, 0.1) is 0 Å². The number of hydrogen-bond acceptors (Lipinski definition) is 3. The standard InChI is InChI=1S/C15H24N2O2S/c1-4-10-20(18,19)17-9-5-6-14-11-13(12(2)16-3)7-8-15(14)17/h7-8,11-12,16H,4-6,9-10H2,1-3H3. The normalized spacial score (nSPS) is 16.9. The summed E-state index contributed by atoms with van der Waals surface area (Å²) in [4.78, 5) is 0. The van der Waals surface area contributed by atoms with Crippen molar-refractivity contribution in [2.24, 2.45) is 0 Å². The fourth-order valence-corrected chi connectivity index (χ4v) is 4.30. The second-order valence-corrected chi connectivity index (χ2v) is 7.40. The molecular weight excluding hydrogens is 272 g/mol. The third kappa shape index (κ3) is 2.99. The molecule has 0 spiro atoms. The van der Waals surface area contributed by atoms with Crippen LogP contribution in [0.4, 0.5) is 5.69 Å². The Kier molecular flexibility index (Phi) is 4.70. The SMILES string of the molecule is CCCS(=O)(=O)N1CCCc2cc(C(C)NC)ccc21. The van der Waals surface area contributed by atoms with Gasteiger partial charge in [-0.1, -0.05) is 19.1 Å². The fourth-order valence-electron chi connectivity index (χ4n) is 2.68. The largest absolute Gasteiger partial charge is 0.313 e. The van der Waals surface area contributed by atoms with Gasteiger partial charge in [0, 0.05) is 12.6 Å². The smallest absolute Gasteiger partial charge is 0.235 e. The van der Waals surface area contributed by atoms with Crippen LogP contribution in [0.1, 0.15) is 43.9 Å². The predicted molar refractivity (Wildman–Crippen MR) is 83.7 cm³/mol. The highest BCUT2D eigenvalue weighted by atomic mass is 32.2. The Morgan fingerprint density at radius 2 is 2.15 bits per heavy atom. The van der Waals surface area contributed by atoms with Crippen molar-refractivity contribution in [3.05, 3.63) is 29.3 Å². The molecule has 1 unspecified atom stereocenters. The number of nitrogens with zero attached hydrogens (tertiary/aromatic N) is 1. The van der Waals surface area contributed by atoms with E-state index in [0.29, 0.717) is 13.0 Å². The first-order valence-corrected chi connectivity index (χ1v) is 8.91. The van der Waals surface area contributed by atoms with Crippen molar-refractivity contribution in [2.45, 2.75) is 39.2 Å². The van der Waals surface area contributed by atoms with E-state index < -0.39 is 10.0 Å². The molecule has 0 fully saturated rings. The minimum Gasteiger partial charge on any atom is -0.313 e. The number of sulfonamides is 1. The van der Waals surface area contributed by atoms with Crippen molar-refractivity contribution in [1.29, 1.82) is 0 Å². The van der Waals surface area contributed by atoms with E-state index >= 15 is 0 Å². The summed E-state index contributed by atoms with van der Waals surface area (Å²) < 4.78 is 26.3. The molecule has 4 nitrogen and oxygen atoms in total. The maximum atomic E-state index is 12.3. The van der Waals surface area contributed by atoms with Crippen molar-refractivity contribution >= 4 is 15.7 Å². The van der Waals surface area contributed by atoms with Gasteiger partial charge in [-0.3, -0.25) is 4.31 Å². The van der Waals surface area contributed by atoms with Crippen LogP contribution in [0.3, 0.4) is 0 Å². The fraction of sp³-hybridized carbons (Fsp3) is 0.600. The number of aryl methyl sites for hydroxylation is 1. The van der Waals surface area contributed by atoms with E-state index in [1.165, 1.54) is 5.56 Å². The van der Waals surface area contributed by atoms with Crippen molar-refractivity contribution in [2.75, 3.05) is 23.7 Å². The maximum absolute atomic E-state index is 12.3. The third-order valence-corrected chi connectivity index (χ3v) is 5.89. The maximum Gasteiger partial charge on any atom is 0.235 e. The molecule has 0 amide bonds. The zero-order valence-corrected chi connectivity index (χ0v) is 13.3. The number of nitrogens with one attached hydrogen (secondary N) is 1. The van der Waals surface area contributed by atoms with Gasteiger partial charge in [-0.15, -0.1) is 0 Å². The monoisotopic (exact) mass is 296 g/mol. The van der Waals surface area contributed by atoms with Gasteiger partial charge in [0.25, 0.3) is 0 Å². The molecule has 1 aliphatic rings. The van der Waals surface area contributed by atoms with Gasteiger partial charge in [-0.05, 0) is 50.4 Å². The Morgan fingerprint density at radius 3 is 2.80 bits per heavy atom. The van der Waals surface area contributed by atoms with Crippen LogP contribution in [0.5, 0.6) is 0 Å². The van der Waals surface area contributed by atoms with Crippen molar-refractivity contribution < 1.29 is 8.42 Å². The molecule has 1 aliphatic heterocycles. The second-order valence-electron chi connectivity index (χ2n) is 5.39. The Balaban J connectivity index is 2.38. The van der Waals surface area contributed by atoms with E-state index in [9.17, 15) is 8.42 Å². The van der Waals surface area contributed by atoms with Gasteiger partial charge in [-0.2, -0.15) is 0 Å². The molecule has 0 aliphatic carbocycles. The number of benzene rings is 1. The molecule has 1 N–H and O–H groups in total. The van der Waals surface area contributed by atoms with Gasteiger partial charge in [0.15, 0.2) is 0 Å². The summed E-state index contributed by atoms with van der Waals surface area (Å²) in [6.45, 7) is 4.62. The van der Waals surface area contributed by atoms with Gasteiger partial charge in [0.05, 0.1) is 11.4 Å². The lowest BCUT2D eigenvalue weighted by atomic mass is 9.98. The molecule has 0 aromatic heterocycles. The molecule has 20 heavy (non-hydrogen) atoms. The third-order valence-electron chi connectivity index (χ3n) is 3.91. The van der Waals surface area contributed by atoms with Gasteiger partial charge in [0.1, 0.15) is 0 Å². The topological polar surface area (TPSA) is 49.4 Å². The van der Waals surface area contributed by atoms with Crippen LogP contribution in [0.25, 0.3) is 0 Å².